The number of hydrogen-bond donors (Lipinski definition) is 3. The van der Waals surface area contributed by atoms with E-state index in [-0.39, 0.29) is 12.5 Å². The van der Waals surface area contributed by atoms with E-state index in [9.17, 15) is 19.5 Å². The summed E-state index contributed by atoms with van der Waals surface area (Å²) in [5.41, 5.74) is 0. The topological polar surface area (TPSA) is 99.4 Å². The van der Waals surface area contributed by atoms with Gasteiger partial charge in [0.05, 0.1) is 12.2 Å². The summed E-state index contributed by atoms with van der Waals surface area (Å²) in [6.07, 6.45) is -1.28. The van der Waals surface area contributed by atoms with E-state index in [4.69, 9.17) is 4.74 Å². The van der Waals surface area contributed by atoms with Crippen LogP contribution in [0.5, 0.6) is 0 Å². The summed E-state index contributed by atoms with van der Waals surface area (Å²) >= 11 is 0. The number of rotatable bonds is 3. The highest BCUT2D eigenvalue weighted by atomic mass is 32.2. The van der Waals surface area contributed by atoms with Crippen molar-refractivity contribution < 1.29 is 24.3 Å². The van der Waals surface area contributed by atoms with Gasteiger partial charge in [-0.3, -0.25) is 0 Å². The van der Waals surface area contributed by atoms with Crippen LogP contribution in [-0.2, 0) is 14.5 Å². The van der Waals surface area contributed by atoms with Crippen LogP contribution in [0.2, 0.25) is 0 Å². The van der Waals surface area contributed by atoms with Crippen LogP contribution >= 0.6 is 0 Å². The fourth-order valence-corrected chi connectivity index (χ4v) is 4.55. The summed E-state index contributed by atoms with van der Waals surface area (Å²) < 4.78 is 21.7. The molecule has 0 aromatic carbocycles. The van der Waals surface area contributed by atoms with Gasteiger partial charge in [-0.15, -0.1) is 0 Å². The SMILES string of the molecule is O=S1(CC[C@@H]2C[C@H](O)[C@H](O)[C@@H](O)O2)=NCCCC1. The van der Waals surface area contributed by atoms with E-state index in [0.717, 1.165) is 12.8 Å². The molecule has 0 saturated carbocycles. The Kier molecular flexibility index (Phi) is 4.60. The van der Waals surface area contributed by atoms with E-state index < -0.39 is 28.2 Å². The molecule has 1 saturated heterocycles. The molecule has 0 radical (unpaired) electrons. The van der Waals surface area contributed by atoms with Crippen molar-refractivity contribution in [3.05, 3.63) is 0 Å². The molecule has 2 heterocycles. The molecule has 3 N–H and O–H groups in total. The first-order valence-corrected chi connectivity index (χ1v) is 8.23. The molecule has 1 unspecified atom stereocenters. The van der Waals surface area contributed by atoms with Crippen LogP contribution in [-0.4, -0.2) is 62.2 Å². The van der Waals surface area contributed by atoms with Gasteiger partial charge < -0.3 is 20.1 Å². The third kappa shape index (κ3) is 3.42. The van der Waals surface area contributed by atoms with E-state index >= 15 is 0 Å². The molecule has 2 rings (SSSR count). The first kappa shape index (κ1) is 14.2. The zero-order chi connectivity index (χ0) is 13.2. The Hall–Kier alpha value is -0.210. The van der Waals surface area contributed by atoms with Crippen molar-refractivity contribution in [1.82, 2.24) is 0 Å². The van der Waals surface area contributed by atoms with Gasteiger partial charge in [-0.2, -0.15) is 0 Å². The highest BCUT2D eigenvalue weighted by Gasteiger charge is 2.35. The second-order valence-electron chi connectivity index (χ2n) is 4.97. The molecule has 2 aliphatic rings. The lowest BCUT2D eigenvalue weighted by Gasteiger charge is -2.34. The van der Waals surface area contributed by atoms with Crippen molar-refractivity contribution in [2.45, 2.75) is 50.3 Å². The lowest BCUT2D eigenvalue weighted by Crippen LogP contribution is -2.48. The molecule has 7 heteroatoms. The van der Waals surface area contributed by atoms with Gasteiger partial charge in [0, 0.05) is 34.2 Å². The van der Waals surface area contributed by atoms with E-state index in [2.05, 4.69) is 4.36 Å². The molecule has 0 amide bonds. The van der Waals surface area contributed by atoms with E-state index in [1.165, 1.54) is 0 Å². The Morgan fingerprint density at radius 1 is 1.28 bits per heavy atom. The maximum atomic E-state index is 12.3. The van der Waals surface area contributed by atoms with Gasteiger partial charge in [0.2, 0.25) is 0 Å². The van der Waals surface area contributed by atoms with Crippen LogP contribution in [0.25, 0.3) is 0 Å². The zero-order valence-corrected chi connectivity index (χ0v) is 11.1. The monoisotopic (exact) mass is 279 g/mol. The number of hydrogen-bond acceptors (Lipinski definition) is 6. The smallest absolute Gasteiger partial charge is 0.183 e. The van der Waals surface area contributed by atoms with Gasteiger partial charge in [0.1, 0.15) is 6.10 Å². The number of ether oxygens (including phenoxy) is 1. The maximum absolute atomic E-state index is 12.3. The van der Waals surface area contributed by atoms with Crippen LogP contribution in [0.3, 0.4) is 0 Å². The molecular weight excluding hydrogens is 258 g/mol. The van der Waals surface area contributed by atoms with Crippen LogP contribution in [0.4, 0.5) is 0 Å². The predicted molar refractivity (Wildman–Crippen MR) is 66.5 cm³/mol. The first-order valence-electron chi connectivity index (χ1n) is 6.38. The minimum atomic E-state index is -2.12. The van der Waals surface area contributed by atoms with Crippen LogP contribution in [0.15, 0.2) is 4.36 Å². The predicted octanol–water partition coefficient (Wildman–Crippen LogP) is -0.533. The summed E-state index contributed by atoms with van der Waals surface area (Å²) in [6, 6.07) is 0. The molecule has 6 nitrogen and oxygen atoms in total. The van der Waals surface area contributed by atoms with Gasteiger partial charge in [-0.25, -0.2) is 8.57 Å². The Bertz CT molecular complexity index is 381. The lowest BCUT2D eigenvalue weighted by molar-refractivity contribution is -0.246. The lowest BCUT2D eigenvalue weighted by atomic mass is 10.0. The van der Waals surface area contributed by atoms with Crippen molar-refractivity contribution in [1.29, 1.82) is 0 Å². The van der Waals surface area contributed by atoms with Crippen molar-refractivity contribution in [2.75, 3.05) is 18.1 Å². The molecule has 18 heavy (non-hydrogen) atoms. The number of aliphatic hydroxyl groups is 3. The normalized spacial score (nSPS) is 45.5. The number of aliphatic hydroxyl groups excluding tert-OH is 3. The second kappa shape index (κ2) is 5.83. The molecular formula is C11H21NO5S. The van der Waals surface area contributed by atoms with Gasteiger partial charge in [-0.05, 0) is 19.3 Å². The van der Waals surface area contributed by atoms with Crippen molar-refractivity contribution >= 4 is 9.73 Å². The third-order valence-electron chi connectivity index (χ3n) is 3.48. The van der Waals surface area contributed by atoms with Crippen LogP contribution in [0, 0.1) is 0 Å². The average molecular weight is 279 g/mol. The first-order chi connectivity index (χ1) is 8.50. The molecule has 0 spiro atoms. The molecule has 0 aromatic heterocycles. The van der Waals surface area contributed by atoms with Crippen molar-refractivity contribution in [2.24, 2.45) is 4.36 Å². The fraction of sp³-hybridized carbons (Fsp3) is 1.00. The van der Waals surface area contributed by atoms with E-state index in [0.29, 0.717) is 24.5 Å². The van der Waals surface area contributed by atoms with E-state index in [1.54, 1.807) is 0 Å². The minimum absolute atomic E-state index is 0.258. The largest absolute Gasteiger partial charge is 0.390 e. The van der Waals surface area contributed by atoms with Crippen molar-refractivity contribution in [3.8, 4) is 0 Å². The highest BCUT2D eigenvalue weighted by molar-refractivity contribution is 7.93. The van der Waals surface area contributed by atoms with Gasteiger partial charge in [-0.1, -0.05) is 0 Å². The second-order valence-corrected chi connectivity index (χ2v) is 7.59. The van der Waals surface area contributed by atoms with Crippen molar-refractivity contribution in [3.63, 3.8) is 0 Å². The molecule has 1 fully saturated rings. The Morgan fingerprint density at radius 2 is 2.06 bits per heavy atom. The average Bonchev–Trinajstić information content (AvgIpc) is 2.34. The summed E-state index contributed by atoms with van der Waals surface area (Å²) in [5, 5.41) is 28.3. The Labute approximate surface area is 107 Å². The van der Waals surface area contributed by atoms with E-state index in [1.807, 2.05) is 0 Å². The maximum Gasteiger partial charge on any atom is 0.183 e. The molecule has 106 valence electrons. The summed E-state index contributed by atoms with van der Waals surface area (Å²) in [4.78, 5) is 0. The standard InChI is InChI=1S/C11H21NO5S/c13-9-7-8(17-11(15)10(9)14)3-6-18(16)5-2-1-4-12-18/h8-11,13-15H,1-7H2/t8-,9+,10+,11+,18?/m1/s1. The summed E-state index contributed by atoms with van der Waals surface area (Å²) in [5.74, 6) is 1.07. The summed E-state index contributed by atoms with van der Waals surface area (Å²) in [6.45, 7) is 0.661. The minimum Gasteiger partial charge on any atom is -0.390 e. The highest BCUT2D eigenvalue weighted by Crippen LogP contribution is 2.22. The van der Waals surface area contributed by atoms with Gasteiger partial charge >= 0.3 is 0 Å². The number of nitrogens with zero attached hydrogens (tertiary/aromatic N) is 1. The molecule has 5 atom stereocenters. The Morgan fingerprint density at radius 3 is 2.67 bits per heavy atom. The van der Waals surface area contributed by atoms with Gasteiger partial charge in [0.15, 0.2) is 6.29 Å². The molecule has 2 aliphatic heterocycles. The molecule has 0 aliphatic carbocycles. The third-order valence-corrected chi connectivity index (χ3v) is 5.93. The summed E-state index contributed by atoms with van der Waals surface area (Å²) in [7, 11) is -2.12. The quantitative estimate of drug-likeness (QED) is 0.645. The zero-order valence-electron chi connectivity index (χ0n) is 10.3. The fourth-order valence-electron chi connectivity index (χ4n) is 2.34. The van der Waals surface area contributed by atoms with Gasteiger partial charge in [0.25, 0.3) is 0 Å². The Balaban J connectivity index is 1.87. The van der Waals surface area contributed by atoms with Crippen LogP contribution in [0.1, 0.15) is 25.7 Å². The van der Waals surface area contributed by atoms with Crippen LogP contribution < -0.4 is 0 Å². The molecule has 0 bridgehead atoms. The molecule has 0 aromatic rings.